The van der Waals surface area contributed by atoms with E-state index in [0.29, 0.717) is 12.4 Å². The maximum absolute atomic E-state index is 11.8. The monoisotopic (exact) mass is 284 g/mol. The van der Waals surface area contributed by atoms with E-state index < -0.39 is 0 Å². The Balaban J connectivity index is 2.01. The first-order chi connectivity index (χ1) is 10.3. The molecule has 0 bridgehead atoms. The number of carbonyl (C=O) groups excluding carboxylic acids is 1. The van der Waals surface area contributed by atoms with E-state index in [9.17, 15) is 4.79 Å². The van der Waals surface area contributed by atoms with Gasteiger partial charge >= 0.3 is 5.97 Å². The van der Waals surface area contributed by atoms with E-state index in [0.717, 1.165) is 24.2 Å². The average Bonchev–Trinajstić information content (AvgIpc) is 2.51. The van der Waals surface area contributed by atoms with Crippen LogP contribution in [0.3, 0.4) is 0 Å². The standard InChI is InChI=1S/C18H20O3/c1-2-3-13-20-18(19)14-15-9-7-8-12-17(15)21-16-10-5-4-6-11-16/h4-12H,2-3,13-14H2,1H3. The van der Waals surface area contributed by atoms with Gasteiger partial charge in [-0.2, -0.15) is 0 Å². The molecule has 110 valence electrons. The van der Waals surface area contributed by atoms with Crippen LogP contribution in [0, 0.1) is 0 Å². The normalized spacial score (nSPS) is 10.1. The summed E-state index contributed by atoms with van der Waals surface area (Å²) < 4.78 is 11.0. The lowest BCUT2D eigenvalue weighted by molar-refractivity contribution is -0.142. The molecule has 0 aliphatic carbocycles. The minimum Gasteiger partial charge on any atom is -0.465 e. The third-order valence-electron chi connectivity index (χ3n) is 3.04. The van der Waals surface area contributed by atoms with E-state index in [2.05, 4.69) is 6.92 Å². The van der Waals surface area contributed by atoms with Crippen LogP contribution in [0.2, 0.25) is 0 Å². The summed E-state index contributed by atoms with van der Waals surface area (Å²) in [7, 11) is 0. The summed E-state index contributed by atoms with van der Waals surface area (Å²) in [4.78, 5) is 11.8. The summed E-state index contributed by atoms with van der Waals surface area (Å²) in [5.41, 5.74) is 0.836. The third kappa shape index (κ3) is 4.95. The number of rotatable bonds is 7. The highest BCUT2D eigenvalue weighted by Crippen LogP contribution is 2.25. The van der Waals surface area contributed by atoms with Gasteiger partial charge < -0.3 is 9.47 Å². The first kappa shape index (κ1) is 15.1. The van der Waals surface area contributed by atoms with E-state index in [4.69, 9.17) is 9.47 Å². The molecule has 0 saturated carbocycles. The second-order valence-corrected chi connectivity index (χ2v) is 4.77. The lowest BCUT2D eigenvalue weighted by atomic mass is 10.1. The lowest BCUT2D eigenvalue weighted by Gasteiger charge is -2.11. The van der Waals surface area contributed by atoms with Crippen LogP contribution in [-0.2, 0) is 16.0 Å². The maximum atomic E-state index is 11.8. The quantitative estimate of drug-likeness (QED) is 0.559. The Labute approximate surface area is 125 Å². The number of ether oxygens (including phenoxy) is 2. The number of esters is 1. The highest BCUT2D eigenvalue weighted by Gasteiger charge is 2.10. The van der Waals surface area contributed by atoms with Crippen LogP contribution in [0.25, 0.3) is 0 Å². The van der Waals surface area contributed by atoms with Gasteiger partial charge in [0.1, 0.15) is 11.5 Å². The number of benzene rings is 2. The van der Waals surface area contributed by atoms with Crippen molar-refractivity contribution in [1.82, 2.24) is 0 Å². The van der Waals surface area contributed by atoms with Crippen LogP contribution >= 0.6 is 0 Å². The fourth-order valence-corrected chi connectivity index (χ4v) is 1.90. The molecule has 0 unspecified atom stereocenters. The smallest absolute Gasteiger partial charge is 0.310 e. The van der Waals surface area contributed by atoms with Crippen LogP contribution in [0.4, 0.5) is 0 Å². The van der Waals surface area contributed by atoms with Crippen molar-refractivity contribution in [3.63, 3.8) is 0 Å². The van der Waals surface area contributed by atoms with Crippen molar-refractivity contribution < 1.29 is 14.3 Å². The van der Waals surface area contributed by atoms with E-state index in [1.807, 2.05) is 54.6 Å². The summed E-state index contributed by atoms with van der Waals surface area (Å²) in [6, 6.07) is 17.1. The summed E-state index contributed by atoms with van der Waals surface area (Å²) in [6.07, 6.45) is 2.14. The van der Waals surface area contributed by atoms with Crippen molar-refractivity contribution >= 4 is 5.97 Å². The Bertz CT molecular complexity index is 564. The SMILES string of the molecule is CCCCOC(=O)Cc1ccccc1Oc1ccccc1. The second-order valence-electron chi connectivity index (χ2n) is 4.77. The third-order valence-corrected chi connectivity index (χ3v) is 3.04. The zero-order valence-corrected chi connectivity index (χ0v) is 12.2. The van der Waals surface area contributed by atoms with Crippen LogP contribution in [0.1, 0.15) is 25.3 Å². The van der Waals surface area contributed by atoms with Crippen molar-refractivity contribution in [1.29, 1.82) is 0 Å². The molecule has 2 rings (SSSR count). The molecule has 0 spiro atoms. The molecular formula is C18H20O3. The summed E-state index contributed by atoms with van der Waals surface area (Å²) >= 11 is 0. The fourth-order valence-electron chi connectivity index (χ4n) is 1.90. The first-order valence-electron chi connectivity index (χ1n) is 7.26. The van der Waals surface area contributed by atoms with Gasteiger partial charge in [0.05, 0.1) is 13.0 Å². The Morgan fingerprint density at radius 1 is 1.00 bits per heavy atom. The Morgan fingerprint density at radius 3 is 2.48 bits per heavy atom. The molecular weight excluding hydrogens is 264 g/mol. The number of unbranched alkanes of at least 4 members (excludes halogenated alkanes) is 1. The van der Waals surface area contributed by atoms with E-state index in [-0.39, 0.29) is 12.4 Å². The van der Waals surface area contributed by atoms with Gasteiger partial charge in [-0.1, -0.05) is 49.7 Å². The average molecular weight is 284 g/mol. The van der Waals surface area contributed by atoms with Gasteiger partial charge in [-0.15, -0.1) is 0 Å². The van der Waals surface area contributed by atoms with Crippen molar-refractivity contribution in [3.8, 4) is 11.5 Å². The molecule has 0 fully saturated rings. The van der Waals surface area contributed by atoms with Crippen molar-refractivity contribution in [2.45, 2.75) is 26.2 Å². The van der Waals surface area contributed by atoms with Gasteiger partial charge in [-0.05, 0) is 24.6 Å². The lowest BCUT2D eigenvalue weighted by Crippen LogP contribution is -2.09. The number of para-hydroxylation sites is 2. The van der Waals surface area contributed by atoms with Gasteiger partial charge in [0.25, 0.3) is 0 Å². The predicted octanol–water partition coefficient (Wildman–Crippen LogP) is 4.36. The Morgan fingerprint density at radius 2 is 1.71 bits per heavy atom. The molecule has 0 radical (unpaired) electrons. The Kier molecular flexibility index (Phi) is 5.83. The predicted molar refractivity (Wildman–Crippen MR) is 82.5 cm³/mol. The largest absolute Gasteiger partial charge is 0.465 e. The molecule has 0 aromatic heterocycles. The molecule has 3 nitrogen and oxygen atoms in total. The molecule has 2 aromatic carbocycles. The van der Waals surface area contributed by atoms with Gasteiger partial charge in [-0.3, -0.25) is 4.79 Å². The Hall–Kier alpha value is -2.29. The van der Waals surface area contributed by atoms with Gasteiger partial charge in [0, 0.05) is 5.56 Å². The molecule has 2 aromatic rings. The molecule has 0 aliphatic rings. The van der Waals surface area contributed by atoms with Gasteiger partial charge in [0.15, 0.2) is 0 Å². The topological polar surface area (TPSA) is 35.5 Å². The maximum Gasteiger partial charge on any atom is 0.310 e. The van der Waals surface area contributed by atoms with Crippen LogP contribution < -0.4 is 4.74 Å². The van der Waals surface area contributed by atoms with E-state index in [1.165, 1.54) is 0 Å². The van der Waals surface area contributed by atoms with Crippen molar-refractivity contribution in [2.75, 3.05) is 6.61 Å². The zero-order valence-electron chi connectivity index (χ0n) is 12.2. The minimum absolute atomic E-state index is 0.215. The fraction of sp³-hybridized carbons (Fsp3) is 0.278. The minimum atomic E-state index is -0.215. The molecule has 21 heavy (non-hydrogen) atoms. The highest BCUT2D eigenvalue weighted by atomic mass is 16.5. The molecule has 0 heterocycles. The number of hydrogen-bond donors (Lipinski definition) is 0. The highest BCUT2D eigenvalue weighted by molar-refractivity contribution is 5.73. The van der Waals surface area contributed by atoms with Gasteiger partial charge in [-0.25, -0.2) is 0 Å². The molecule has 0 amide bonds. The van der Waals surface area contributed by atoms with Crippen molar-refractivity contribution in [3.05, 3.63) is 60.2 Å². The molecule has 0 aliphatic heterocycles. The van der Waals surface area contributed by atoms with Crippen LogP contribution in [0.5, 0.6) is 11.5 Å². The first-order valence-corrected chi connectivity index (χ1v) is 7.26. The van der Waals surface area contributed by atoms with Gasteiger partial charge in [0.2, 0.25) is 0 Å². The molecule has 3 heteroatoms. The summed E-state index contributed by atoms with van der Waals surface area (Å²) in [6.45, 7) is 2.55. The zero-order chi connectivity index (χ0) is 14.9. The van der Waals surface area contributed by atoms with E-state index >= 15 is 0 Å². The molecule has 0 atom stereocenters. The summed E-state index contributed by atoms with van der Waals surface area (Å²) in [5.74, 6) is 1.23. The molecule has 0 saturated heterocycles. The van der Waals surface area contributed by atoms with E-state index in [1.54, 1.807) is 0 Å². The second kappa shape index (κ2) is 8.10. The summed E-state index contributed by atoms with van der Waals surface area (Å²) in [5, 5.41) is 0. The van der Waals surface area contributed by atoms with Crippen LogP contribution in [0.15, 0.2) is 54.6 Å². The molecule has 0 N–H and O–H groups in total. The van der Waals surface area contributed by atoms with Crippen molar-refractivity contribution in [2.24, 2.45) is 0 Å². The number of hydrogen-bond acceptors (Lipinski definition) is 3. The van der Waals surface area contributed by atoms with Crippen LogP contribution in [-0.4, -0.2) is 12.6 Å². The number of carbonyl (C=O) groups is 1.